The number of morpholine rings is 1. The zero-order valence-electron chi connectivity index (χ0n) is 23.8. The number of hydrogen-bond donors (Lipinski definition) is 3. The SMILES string of the molecule is CC1CCC(Cn2c(N3CCOC[C@H]3c3ccccc3)nc3nc(C4NOC(=O)N4)nc(-c4cc(Cl)c[nH]c4=O)c32)CC1. The smallest absolute Gasteiger partial charge is 0.377 e. The van der Waals surface area contributed by atoms with Gasteiger partial charge in [0, 0.05) is 19.3 Å². The van der Waals surface area contributed by atoms with E-state index in [1.165, 1.54) is 19.0 Å². The third-order valence-electron chi connectivity index (χ3n) is 8.66. The molecule has 7 rings (SSSR count). The van der Waals surface area contributed by atoms with Crippen molar-refractivity contribution in [1.82, 2.24) is 35.3 Å². The highest BCUT2D eigenvalue weighted by Gasteiger charge is 2.34. The summed E-state index contributed by atoms with van der Waals surface area (Å²) in [5.74, 6) is 2.10. The van der Waals surface area contributed by atoms with Gasteiger partial charge in [0.2, 0.25) is 5.95 Å². The fraction of sp³-hybridized carbons (Fsp3) is 0.433. The zero-order valence-corrected chi connectivity index (χ0v) is 24.5. The molecule has 2 saturated heterocycles. The number of benzene rings is 1. The minimum atomic E-state index is -0.817. The highest BCUT2D eigenvalue weighted by molar-refractivity contribution is 6.30. The molecule has 2 atom stereocenters. The number of ether oxygens (including phenoxy) is 1. The highest BCUT2D eigenvalue weighted by atomic mass is 35.5. The lowest BCUT2D eigenvalue weighted by molar-refractivity contribution is 0.0927. The number of hydrogen-bond acceptors (Lipinski definition) is 9. The Morgan fingerprint density at radius 1 is 1.07 bits per heavy atom. The summed E-state index contributed by atoms with van der Waals surface area (Å²) in [4.78, 5) is 49.8. The van der Waals surface area contributed by atoms with Crippen molar-refractivity contribution >= 4 is 34.8 Å². The van der Waals surface area contributed by atoms with Crippen LogP contribution in [-0.4, -0.2) is 50.4 Å². The number of aromatic amines is 1. The summed E-state index contributed by atoms with van der Waals surface area (Å²) >= 11 is 6.38. The van der Waals surface area contributed by atoms with Gasteiger partial charge in [0.1, 0.15) is 11.2 Å². The number of aromatic nitrogens is 5. The van der Waals surface area contributed by atoms with Crippen LogP contribution in [0.25, 0.3) is 22.4 Å². The van der Waals surface area contributed by atoms with Crippen LogP contribution in [0.5, 0.6) is 0 Å². The fourth-order valence-corrected chi connectivity index (χ4v) is 6.52. The van der Waals surface area contributed by atoms with Crippen LogP contribution in [0.4, 0.5) is 10.7 Å². The Kier molecular flexibility index (Phi) is 7.50. The van der Waals surface area contributed by atoms with E-state index < -0.39 is 12.3 Å². The predicted molar refractivity (Wildman–Crippen MR) is 160 cm³/mol. The number of nitrogens with one attached hydrogen (secondary N) is 3. The molecule has 43 heavy (non-hydrogen) atoms. The van der Waals surface area contributed by atoms with Gasteiger partial charge < -0.3 is 24.0 Å². The largest absolute Gasteiger partial charge is 0.427 e. The number of rotatable bonds is 6. The molecule has 2 aliphatic heterocycles. The highest BCUT2D eigenvalue weighted by Crippen LogP contribution is 2.38. The lowest BCUT2D eigenvalue weighted by Gasteiger charge is -2.37. The molecule has 224 valence electrons. The third kappa shape index (κ3) is 5.46. The lowest BCUT2D eigenvalue weighted by Crippen LogP contribution is -2.41. The summed E-state index contributed by atoms with van der Waals surface area (Å²) in [6, 6.07) is 11.8. The van der Waals surface area contributed by atoms with Gasteiger partial charge in [-0.15, -0.1) is 5.48 Å². The number of fused-ring (bicyclic) bond motifs is 1. The van der Waals surface area contributed by atoms with Gasteiger partial charge in [-0.1, -0.05) is 61.7 Å². The van der Waals surface area contributed by atoms with Gasteiger partial charge in [0.05, 0.1) is 29.8 Å². The first-order valence-electron chi connectivity index (χ1n) is 14.7. The molecular formula is C30H33ClN8O4. The summed E-state index contributed by atoms with van der Waals surface area (Å²) in [5.41, 5.74) is 5.14. The van der Waals surface area contributed by atoms with Crippen molar-refractivity contribution in [3.05, 3.63) is 69.4 Å². The van der Waals surface area contributed by atoms with E-state index in [1.54, 1.807) is 6.07 Å². The molecule has 3 aromatic heterocycles. The van der Waals surface area contributed by atoms with Crippen molar-refractivity contribution in [3.8, 4) is 11.3 Å². The molecule has 4 aromatic rings. The Morgan fingerprint density at radius 2 is 1.88 bits per heavy atom. The Bertz CT molecular complexity index is 1700. The monoisotopic (exact) mass is 604 g/mol. The number of anilines is 1. The molecule has 0 radical (unpaired) electrons. The number of hydroxylamine groups is 1. The second-order valence-corrected chi connectivity index (χ2v) is 12.0. The summed E-state index contributed by atoms with van der Waals surface area (Å²) in [5, 5.41) is 3.02. The second kappa shape index (κ2) is 11.6. The molecule has 5 heterocycles. The van der Waals surface area contributed by atoms with Crippen LogP contribution in [0.15, 0.2) is 47.4 Å². The number of halogens is 1. The van der Waals surface area contributed by atoms with E-state index in [9.17, 15) is 9.59 Å². The molecular weight excluding hydrogens is 572 g/mol. The number of pyridine rings is 1. The maximum Gasteiger partial charge on any atom is 0.427 e. The van der Waals surface area contributed by atoms with Crippen LogP contribution >= 0.6 is 11.6 Å². The van der Waals surface area contributed by atoms with Gasteiger partial charge in [-0.05, 0) is 36.3 Å². The number of imidazole rings is 1. The second-order valence-electron chi connectivity index (χ2n) is 11.6. The van der Waals surface area contributed by atoms with Crippen LogP contribution in [0.1, 0.15) is 56.2 Å². The molecule has 1 saturated carbocycles. The van der Waals surface area contributed by atoms with Crippen LogP contribution < -0.4 is 21.3 Å². The van der Waals surface area contributed by atoms with E-state index in [1.807, 2.05) is 18.2 Å². The molecule has 1 unspecified atom stereocenters. The summed E-state index contributed by atoms with van der Waals surface area (Å²) in [6.45, 7) is 4.71. The van der Waals surface area contributed by atoms with Crippen molar-refractivity contribution in [2.24, 2.45) is 11.8 Å². The molecule has 0 bridgehead atoms. The lowest BCUT2D eigenvalue weighted by atomic mass is 9.83. The Labute approximate surface area is 252 Å². The van der Waals surface area contributed by atoms with Gasteiger partial charge >= 0.3 is 6.09 Å². The Balaban J connectivity index is 1.45. The summed E-state index contributed by atoms with van der Waals surface area (Å²) in [6.07, 6.45) is 4.54. The maximum atomic E-state index is 13.2. The van der Waals surface area contributed by atoms with Gasteiger partial charge in [-0.2, -0.15) is 4.98 Å². The van der Waals surface area contributed by atoms with E-state index >= 15 is 0 Å². The van der Waals surface area contributed by atoms with Gasteiger partial charge in [0.15, 0.2) is 17.6 Å². The first kappa shape index (κ1) is 27.8. The summed E-state index contributed by atoms with van der Waals surface area (Å²) < 4.78 is 8.14. The number of nitrogens with zero attached hydrogens (tertiary/aromatic N) is 5. The van der Waals surface area contributed by atoms with Crippen LogP contribution in [0, 0.1) is 11.8 Å². The van der Waals surface area contributed by atoms with Crippen LogP contribution in [0.2, 0.25) is 5.02 Å². The van der Waals surface area contributed by atoms with Gasteiger partial charge in [-0.3, -0.25) is 10.1 Å². The number of H-pyrrole nitrogens is 1. The van der Waals surface area contributed by atoms with Gasteiger partial charge in [-0.25, -0.2) is 14.8 Å². The number of amides is 1. The molecule has 3 N–H and O–H groups in total. The Morgan fingerprint density at radius 3 is 2.65 bits per heavy atom. The molecule has 1 aliphatic carbocycles. The minimum Gasteiger partial charge on any atom is -0.377 e. The van der Waals surface area contributed by atoms with Crippen molar-refractivity contribution in [2.75, 3.05) is 24.7 Å². The Hall–Kier alpha value is -4.00. The van der Waals surface area contributed by atoms with Crippen molar-refractivity contribution in [2.45, 2.75) is 51.4 Å². The van der Waals surface area contributed by atoms with E-state index in [4.69, 9.17) is 36.1 Å². The third-order valence-corrected chi connectivity index (χ3v) is 8.88. The number of carbonyl (C=O) groups is 1. The maximum absolute atomic E-state index is 13.2. The average molecular weight is 605 g/mol. The first-order valence-corrected chi connectivity index (χ1v) is 15.1. The van der Waals surface area contributed by atoms with E-state index in [0.29, 0.717) is 60.0 Å². The zero-order chi connectivity index (χ0) is 29.5. The topological polar surface area (TPSA) is 139 Å². The number of carbonyl (C=O) groups excluding carboxylic acids is 1. The summed E-state index contributed by atoms with van der Waals surface area (Å²) in [7, 11) is 0. The molecule has 1 amide bonds. The fourth-order valence-electron chi connectivity index (χ4n) is 6.35. The molecule has 3 aliphatic rings. The predicted octanol–water partition coefficient (Wildman–Crippen LogP) is 4.48. The first-order chi connectivity index (χ1) is 20.9. The molecule has 3 fully saturated rings. The van der Waals surface area contributed by atoms with E-state index in [0.717, 1.165) is 24.4 Å². The quantitative estimate of drug-likeness (QED) is 0.291. The van der Waals surface area contributed by atoms with E-state index in [2.05, 4.69) is 44.3 Å². The van der Waals surface area contributed by atoms with Crippen molar-refractivity contribution < 1.29 is 14.4 Å². The molecule has 0 spiro atoms. The molecule has 12 nitrogen and oxygen atoms in total. The van der Waals surface area contributed by atoms with Gasteiger partial charge in [0.25, 0.3) is 5.56 Å². The molecule has 1 aromatic carbocycles. The normalized spacial score (nSPS) is 24.2. The van der Waals surface area contributed by atoms with Crippen LogP contribution in [0.3, 0.4) is 0 Å². The average Bonchev–Trinajstić information content (AvgIpc) is 3.63. The van der Waals surface area contributed by atoms with Crippen molar-refractivity contribution in [1.29, 1.82) is 0 Å². The van der Waals surface area contributed by atoms with Crippen molar-refractivity contribution in [3.63, 3.8) is 0 Å². The minimum absolute atomic E-state index is 0.0634. The van der Waals surface area contributed by atoms with E-state index in [-0.39, 0.29) is 23.0 Å². The van der Waals surface area contributed by atoms with Crippen LogP contribution in [-0.2, 0) is 16.1 Å². The standard InChI is InChI=1S/C30H33ClN8O4/c1-17-7-9-18(10-8-17)15-39-24-23(21-13-20(31)14-32-28(21)40)33-26(27-36-30(41)43-37-27)34-25(24)35-29(39)38-11-12-42-16-22(38)19-5-3-2-4-6-19/h2-6,13-14,17-18,22,27,37H,7-12,15-16H2,1H3,(H,32,40)(H,36,41)/t17?,18?,22-,27?/m0/s1. The molecule has 13 heteroatoms.